The Balaban J connectivity index is 2.07. The Hall–Kier alpha value is -3.65. The highest BCUT2D eigenvalue weighted by molar-refractivity contribution is 7.92. The van der Waals surface area contributed by atoms with E-state index in [4.69, 9.17) is 0 Å². The average molecular weight is 536 g/mol. The summed E-state index contributed by atoms with van der Waals surface area (Å²) in [6, 6.07) is 22.1. The highest BCUT2D eigenvalue weighted by Gasteiger charge is 2.33. The van der Waals surface area contributed by atoms with Gasteiger partial charge in [-0.15, -0.1) is 0 Å². The van der Waals surface area contributed by atoms with Gasteiger partial charge < -0.3 is 10.2 Å². The van der Waals surface area contributed by atoms with Gasteiger partial charge in [0.05, 0.1) is 10.6 Å². The summed E-state index contributed by atoms with van der Waals surface area (Å²) >= 11 is 0. The molecule has 2 amide bonds. The molecule has 0 aliphatic carbocycles. The fourth-order valence-corrected chi connectivity index (χ4v) is 5.84. The first-order valence-electron chi connectivity index (χ1n) is 12.8. The molecule has 0 spiro atoms. The Morgan fingerprint density at radius 3 is 1.95 bits per heavy atom. The van der Waals surface area contributed by atoms with Crippen molar-refractivity contribution >= 4 is 27.5 Å². The minimum Gasteiger partial charge on any atom is -0.352 e. The van der Waals surface area contributed by atoms with E-state index < -0.39 is 28.5 Å². The van der Waals surface area contributed by atoms with Gasteiger partial charge >= 0.3 is 0 Å². The molecule has 0 unspecified atom stereocenters. The van der Waals surface area contributed by atoms with Crippen LogP contribution in [-0.4, -0.2) is 43.8 Å². The number of aryl methyl sites for hydroxylation is 2. The monoisotopic (exact) mass is 535 g/mol. The lowest BCUT2D eigenvalue weighted by Crippen LogP contribution is -2.53. The van der Waals surface area contributed by atoms with Crippen LogP contribution >= 0.6 is 0 Å². The van der Waals surface area contributed by atoms with Crippen molar-refractivity contribution in [2.45, 2.75) is 64.6 Å². The number of sulfonamides is 1. The van der Waals surface area contributed by atoms with Crippen LogP contribution in [0.25, 0.3) is 0 Å². The van der Waals surface area contributed by atoms with E-state index in [0.29, 0.717) is 12.1 Å². The second-order valence-electron chi connectivity index (χ2n) is 9.77. The highest BCUT2D eigenvalue weighted by Crippen LogP contribution is 2.27. The van der Waals surface area contributed by atoms with Crippen LogP contribution in [-0.2, 0) is 26.2 Å². The van der Waals surface area contributed by atoms with Gasteiger partial charge in [0.15, 0.2) is 0 Å². The largest absolute Gasteiger partial charge is 0.352 e. The zero-order valence-electron chi connectivity index (χ0n) is 22.7. The van der Waals surface area contributed by atoms with Crippen LogP contribution < -0.4 is 9.62 Å². The highest BCUT2D eigenvalue weighted by atomic mass is 32.2. The van der Waals surface area contributed by atoms with Crippen LogP contribution in [0.3, 0.4) is 0 Å². The number of carbonyl (C=O) groups excluding carboxylic acids is 2. The number of amides is 2. The third kappa shape index (κ3) is 7.22. The Morgan fingerprint density at radius 1 is 0.868 bits per heavy atom. The van der Waals surface area contributed by atoms with E-state index in [1.54, 1.807) is 30.3 Å². The van der Waals surface area contributed by atoms with Crippen molar-refractivity contribution in [3.63, 3.8) is 0 Å². The van der Waals surface area contributed by atoms with Crippen molar-refractivity contribution in [3.05, 3.63) is 95.6 Å². The van der Waals surface area contributed by atoms with Gasteiger partial charge in [0.25, 0.3) is 10.0 Å². The van der Waals surface area contributed by atoms with Crippen molar-refractivity contribution < 1.29 is 18.0 Å². The first-order chi connectivity index (χ1) is 18.0. The summed E-state index contributed by atoms with van der Waals surface area (Å²) in [5.74, 6) is -0.728. The molecule has 0 aliphatic rings. The predicted octanol–water partition coefficient (Wildman–Crippen LogP) is 4.83. The molecule has 0 bridgehead atoms. The average Bonchev–Trinajstić information content (AvgIpc) is 2.87. The topological polar surface area (TPSA) is 86.8 Å². The second kappa shape index (κ2) is 12.7. The normalized spacial score (nSPS) is 12.2. The molecule has 202 valence electrons. The third-order valence-corrected chi connectivity index (χ3v) is 7.91. The maximum absolute atomic E-state index is 14.0. The molecule has 38 heavy (non-hydrogen) atoms. The molecule has 0 radical (unpaired) electrons. The summed E-state index contributed by atoms with van der Waals surface area (Å²) < 4.78 is 28.9. The minimum atomic E-state index is -4.08. The number of nitrogens with zero attached hydrogens (tertiary/aromatic N) is 2. The van der Waals surface area contributed by atoms with Gasteiger partial charge in [0, 0.05) is 12.6 Å². The van der Waals surface area contributed by atoms with Crippen LogP contribution in [0.4, 0.5) is 5.69 Å². The van der Waals surface area contributed by atoms with E-state index in [1.807, 2.05) is 71.0 Å². The van der Waals surface area contributed by atoms with Crippen molar-refractivity contribution in [2.75, 3.05) is 10.8 Å². The first kappa shape index (κ1) is 28.9. The molecule has 0 aromatic heterocycles. The Morgan fingerprint density at radius 2 is 1.42 bits per heavy atom. The molecule has 8 heteroatoms. The summed E-state index contributed by atoms with van der Waals surface area (Å²) in [5.41, 5.74) is 3.01. The molecule has 0 aliphatic heterocycles. The third-order valence-electron chi connectivity index (χ3n) is 6.12. The fourth-order valence-electron chi connectivity index (χ4n) is 4.42. The maximum Gasteiger partial charge on any atom is 0.264 e. The van der Waals surface area contributed by atoms with Gasteiger partial charge in [0.1, 0.15) is 12.6 Å². The summed E-state index contributed by atoms with van der Waals surface area (Å²) in [4.78, 5) is 28.7. The van der Waals surface area contributed by atoms with E-state index in [-0.39, 0.29) is 23.4 Å². The van der Waals surface area contributed by atoms with Crippen LogP contribution in [0.5, 0.6) is 0 Å². The Labute approximate surface area is 226 Å². The van der Waals surface area contributed by atoms with Crippen LogP contribution in [0.15, 0.2) is 83.8 Å². The Bertz CT molecular complexity index is 1320. The van der Waals surface area contributed by atoms with Crippen molar-refractivity contribution in [1.29, 1.82) is 0 Å². The standard InChI is InChI=1S/C30H37N3O4S/c1-6-28(30(35)31-22(2)3)32(20-25-13-9-7-10-14-25)29(34)21-33(26-18-23(4)17-24(5)19-26)38(36,37)27-15-11-8-12-16-27/h7-19,22,28H,6,20-21H2,1-5H3,(H,31,35)/t28-/m0/s1. The molecule has 1 N–H and O–H groups in total. The van der Waals surface area contributed by atoms with Gasteiger partial charge in [-0.3, -0.25) is 13.9 Å². The number of anilines is 1. The molecule has 3 aromatic rings. The number of nitrogens with one attached hydrogen (secondary N) is 1. The SMILES string of the molecule is CC[C@@H](C(=O)NC(C)C)N(Cc1ccccc1)C(=O)CN(c1cc(C)cc(C)c1)S(=O)(=O)c1ccccc1. The van der Waals surface area contributed by atoms with Crippen LogP contribution in [0.1, 0.15) is 43.9 Å². The number of hydrogen-bond acceptors (Lipinski definition) is 4. The summed E-state index contributed by atoms with van der Waals surface area (Å²) in [6.45, 7) is 9.07. The molecular formula is C30H37N3O4S. The number of hydrogen-bond donors (Lipinski definition) is 1. The lowest BCUT2D eigenvalue weighted by Gasteiger charge is -2.33. The molecule has 0 heterocycles. The molecular weight excluding hydrogens is 498 g/mol. The van der Waals surface area contributed by atoms with Gasteiger partial charge in [-0.05, 0) is 75.1 Å². The molecule has 0 saturated carbocycles. The molecule has 0 saturated heterocycles. The first-order valence-corrected chi connectivity index (χ1v) is 14.3. The predicted molar refractivity (Wildman–Crippen MR) is 151 cm³/mol. The zero-order chi connectivity index (χ0) is 27.9. The molecule has 1 atom stereocenters. The van der Waals surface area contributed by atoms with E-state index in [2.05, 4.69) is 5.32 Å². The molecule has 0 fully saturated rings. The maximum atomic E-state index is 14.0. The second-order valence-corrected chi connectivity index (χ2v) is 11.6. The lowest BCUT2D eigenvalue weighted by atomic mass is 10.1. The molecule has 3 rings (SSSR count). The van der Waals surface area contributed by atoms with Gasteiger partial charge in [-0.1, -0.05) is 61.5 Å². The van der Waals surface area contributed by atoms with Crippen LogP contribution in [0.2, 0.25) is 0 Å². The lowest BCUT2D eigenvalue weighted by molar-refractivity contribution is -0.140. The molecule has 3 aromatic carbocycles. The van der Waals surface area contributed by atoms with Crippen molar-refractivity contribution in [1.82, 2.24) is 10.2 Å². The summed E-state index contributed by atoms with van der Waals surface area (Å²) in [7, 11) is -4.08. The van der Waals surface area contributed by atoms with Gasteiger partial charge in [0.2, 0.25) is 11.8 Å². The summed E-state index contributed by atoms with van der Waals surface area (Å²) in [5, 5.41) is 2.91. The zero-order valence-corrected chi connectivity index (χ0v) is 23.5. The number of carbonyl (C=O) groups is 2. The molecule has 7 nitrogen and oxygen atoms in total. The van der Waals surface area contributed by atoms with Gasteiger partial charge in [-0.2, -0.15) is 0 Å². The van der Waals surface area contributed by atoms with E-state index in [1.165, 1.54) is 17.0 Å². The van der Waals surface area contributed by atoms with Crippen molar-refractivity contribution in [3.8, 4) is 0 Å². The van der Waals surface area contributed by atoms with Crippen LogP contribution in [0, 0.1) is 13.8 Å². The van der Waals surface area contributed by atoms with Gasteiger partial charge in [-0.25, -0.2) is 8.42 Å². The smallest absolute Gasteiger partial charge is 0.264 e. The van der Waals surface area contributed by atoms with E-state index in [0.717, 1.165) is 21.0 Å². The minimum absolute atomic E-state index is 0.0890. The number of rotatable bonds is 11. The van der Waals surface area contributed by atoms with Crippen molar-refractivity contribution in [2.24, 2.45) is 0 Å². The number of benzene rings is 3. The van der Waals surface area contributed by atoms with E-state index in [9.17, 15) is 18.0 Å². The fraction of sp³-hybridized carbons (Fsp3) is 0.333. The quantitative estimate of drug-likeness (QED) is 0.381. The van der Waals surface area contributed by atoms with E-state index >= 15 is 0 Å². The Kier molecular flexibility index (Phi) is 9.69. The summed E-state index contributed by atoms with van der Waals surface area (Å²) in [6.07, 6.45) is 0.381.